The van der Waals surface area contributed by atoms with E-state index in [1.165, 1.54) is 19.4 Å². The van der Waals surface area contributed by atoms with Gasteiger partial charge in [0.15, 0.2) is 5.69 Å². The highest BCUT2D eigenvalue weighted by Crippen LogP contribution is 2.42. The molecule has 130 valence electrons. The zero-order valence-corrected chi connectivity index (χ0v) is 14.3. The lowest BCUT2D eigenvalue weighted by Crippen LogP contribution is -2.34. The number of pyridine rings is 1. The van der Waals surface area contributed by atoms with Crippen LogP contribution in [0.15, 0.2) is 24.5 Å². The van der Waals surface area contributed by atoms with Gasteiger partial charge in [0.2, 0.25) is 0 Å². The second kappa shape index (κ2) is 6.39. The van der Waals surface area contributed by atoms with Gasteiger partial charge in [-0.1, -0.05) is 11.3 Å². The number of aromatic nitrogens is 2. The van der Waals surface area contributed by atoms with Crippen molar-refractivity contribution in [2.45, 2.75) is 32.5 Å². The van der Waals surface area contributed by atoms with Crippen LogP contribution in [0, 0.1) is 0 Å². The molecule has 2 aromatic heterocycles. The summed E-state index contributed by atoms with van der Waals surface area (Å²) >= 11 is 0.756. The number of thiazole rings is 1. The fourth-order valence-corrected chi connectivity index (χ4v) is 2.78. The molecular weight excluding hydrogens is 343 g/mol. The highest BCUT2D eigenvalue weighted by Gasteiger charge is 2.40. The van der Waals surface area contributed by atoms with E-state index >= 15 is 0 Å². The van der Waals surface area contributed by atoms with Crippen molar-refractivity contribution in [1.82, 2.24) is 9.97 Å². The number of hydrogen-bond acceptors (Lipinski definition) is 5. The van der Waals surface area contributed by atoms with Crippen LogP contribution in [0.2, 0.25) is 0 Å². The van der Waals surface area contributed by atoms with Gasteiger partial charge < -0.3 is 4.74 Å². The van der Waals surface area contributed by atoms with E-state index in [1.807, 2.05) is 0 Å². The molecule has 0 fully saturated rings. The number of carbonyl (C=O) groups is 1. The van der Waals surface area contributed by atoms with Crippen molar-refractivity contribution >= 4 is 22.4 Å². The summed E-state index contributed by atoms with van der Waals surface area (Å²) in [5.41, 5.74) is -1.50. The van der Waals surface area contributed by atoms with E-state index in [4.69, 9.17) is 4.74 Å². The minimum Gasteiger partial charge on any atom is -0.443 e. The van der Waals surface area contributed by atoms with Crippen molar-refractivity contribution in [2.75, 3.05) is 11.9 Å². The number of ether oxygens (including phenoxy) is 1. The van der Waals surface area contributed by atoms with Gasteiger partial charge in [-0.15, -0.1) is 0 Å². The number of hydrogen-bond donors (Lipinski definition) is 0. The van der Waals surface area contributed by atoms with Gasteiger partial charge in [0.25, 0.3) is 0 Å². The highest BCUT2D eigenvalue weighted by molar-refractivity contribution is 7.19. The molecule has 0 radical (unpaired) electrons. The zero-order valence-electron chi connectivity index (χ0n) is 13.5. The van der Waals surface area contributed by atoms with Gasteiger partial charge in [0, 0.05) is 25.0 Å². The minimum atomic E-state index is -4.69. The highest BCUT2D eigenvalue weighted by atomic mass is 32.1. The Balaban J connectivity index is 2.45. The van der Waals surface area contributed by atoms with Crippen LogP contribution >= 0.6 is 11.3 Å². The maximum absolute atomic E-state index is 13.3. The molecule has 0 atom stereocenters. The second-order valence-electron chi connectivity index (χ2n) is 5.95. The third kappa shape index (κ3) is 4.22. The standard InChI is InChI=1S/C15H16F3N3O2S/c1-14(2,3)23-13(22)21(4)12-10(15(16,17)18)20-11(24-12)9-6-5-7-19-8-9/h5-8H,1-4H3. The van der Waals surface area contributed by atoms with Crippen LogP contribution in [0.4, 0.5) is 23.0 Å². The molecule has 2 heterocycles. The Morgan fingerprint density at radius 1 is 1.29 bits per heavy atom. The minimum absolute atomic E-state index is 0.126. The van der Waals surface area contributed by atoms with Gasteiger partial charge in [0.1, 0.15) is 15.6 Å². The summed E-state index contributed by atoms with van der Waals surface area (Å²) < 4.78 is 45.0. The molecule has 0 saturated carbocycles. The molecule has 24 heavy (non-hydrogen) atoms. The topological polar surface area (TPSA) is 55.3 Å². The van der Waals surface area contributed by atoms with Gasteiger partial charge in [-0.05, 0) is 32.9 Å². The molecule has 5 nitrogen and oxygen atoms in total. The van der Waals surface area contributed by atoms with Crippen LogP contribution in [0.1, 0.15) is 26.5 Å². The number of amides is 1. The van der Waals surface area contributed by atoms with Gasteiger partial charge in [-0.3, -0.25) is 9.88 Å². The zero-order chi connectivity index (χ0) is 18.1. The van der Waals surface area contributed by atoms with Crippen molar-refractivity contribution in [3.63, 3.8) is 0 Å². The molecule has 0 aliphatic heterocycles. The summed E-state index contributed by atoms with van der Waals surface area (Å²) in [6, 6.07) is 3.20. The molecule has 1 amide bonds. The molecule has 0 N–H and O–H groups in total. The van der Waals surface area contributed by atoms with Gasteiger partial charge >= 0.3 is 12.3 Å². The quantitative estimate of drug-likeness (QED) is 0.787. The smallest absolute Gasteiger partial charge is 0.436 e. The van der Waals surface area contributed by atoms with E-state index in [2.05, 4.69) is 9.97 Å². The van der Waals surface area contributed by atoms with Gasteiger partial charge in [-0.25, -0.2) is 9.78 Å². The molecular formula is C15H16F3N3O2S. The van der Waals surface area contributed by atoms with E-state index in [0.717, 1.165) is 16.2 Å². The summed E-state index contributed by atoms with van der Waals surface area (Å²) in [5, 5.41) is -0.198. The third-order valence-corrected chi connectivity index (χ3v) is 3.94. The first-order chi connectivity index (χ1) is 11.0. The number of rotatable bonds is 2. The molecule has 2 aromatic rings. The van der Waals surface area contributed by atoms with Crippen molar-refractivity contribution in [2.24, 2.45) is 0 Å². The Labute approximate surface area is 141 Å². The lowest BCUT2D eigenvalue weighted by atomic mass is 10.2. The van der Waals surface area contributed by atoms with E-state index in [0.29, 0.717) is 5.56 Å². The Morgan fingerprint density at radius 3 is 2.46 bits per heavy atom. The summed E-state index contributed by atoms with van der Waals surface area (Å²) in [7, 11) is 1.23. The molecule has 0 aromatic carbocycles. The summed E-state index contributed by atoms with van der Waals surface area (Å²) in [6.07, 6.45) is -2.65. The van der Waals surface area contributed by atoms with E-state index in [-0.39, 0.29) is 10.0 Å². The molecule has 0 aliphatic rings. The maximum Gasteiger partial charge on any atom is 0.436 e. The fourth-order valence-electron chi connectivity index (χ4n) is 1.75. The Morgan fingerprint density at radius 2 is 1.96 bits per heavy atom. The Hall–Kier alpha value is -2.16. The van der Waals surface area contributed by atoms with Crippen molar-refractivity contribution in [1.29, 1.82) is 0 Å². The average Bonchev–Trinajstić information content (AvgIpc) is 2.90. The fraction of sp³-hybridized carbons (Fsp3) is 0.400. The van der Waals surface area contributed by atoms with Crippen LogP contribution in [0.5, 0.6) is 0 Å². The van der Waals surface area contributed by atoms with Crippen molar-refractivity contribution in [3.05, 3.63) is 30.2 Å². The number of anilines is 1. The van der Waals surface area contributed by atoms with Crippen molar-refractivity contribution in [3.8, 4) is 10.6 Å². The van der Waals surface area contributed by atoms with E-state index < -0.39 is 23.6 Å². The van der Waals surface area contributed by atoms with Crippen LogP contribution in [0.3, 0.4) is 0 Å². The average molecular weight is 359 g/mol. The molecule has 0 unspecified atom stereocenters. The third-order valence-electron chi connectivity index (χ3n) is 2.76. The van der Waals surface area contributed by atoms with Crippen LogP contribution in [-0.4, -0.2) is 28.7 Å². The van der Waals surface area contributed by atoms with Crippen LogP contribution in [0.25, 0.3) is 10.6 Å². The molecule has 9 heteroatoms. The number of alkyl halides is 3. The first-order valence-corrected chi connectivity index (χ1v) is 7.76. The molecule has 0 spiro atoms. The molecule has 0 bridgehead atoms. The summed E-state index contributed by atoms with van der Waals surface area (Å²) in [5.74, 6) is 0. The monoisotopic (exact) mass is 359 g/mol. The number of carbonyl (C=O) groups excluding carboxylic acids is 1. The normalized spacial score (nSPS) is 12.1. The van der Waals surface area contributed by atoms with Crippen LogP contribution in [-0.2, 0) is 10.9 Å². The molecule has 0 saturated heterocycles. The maximum atomic E-state index is 13.3. The largest absolute Gasteiger partial charge is 0.443 e. The predicted octanol–water partition coefficient (Wildman–Crippen LogP) is 4.60. The number of halogens is 3. The van der Waals surface area contributed by atoms with Gasteiger partial charge in [0.05, 0.1) is 0 Å². The lowest BCUT2D eigenvalue weighted by Gasteiger charge is -2.24. The first-order valence-electron chi connectivity index (χ1n) is 6.94. The summed E-state index contributed by atoms with van der Waals surface area (Å²) in [4.78, 5) is 20.4. The van der Waals surface area contributed by atoms with E-state index in [1.54, 1.807) is 32.9 Å². The molecule has 0 aliphatic carbocycles. The molecule has 2 rings (SSSR count). The van der Waals surface area contributed by atoms with E-state index in [9.17, 15) is 18.0 Å². The van der Waals surface area contributed by atoms with Crippen LogP contribution < -0.4 is 4.90 Å². The second-order valence-corrected chi connectivity index (χ2v) is 6.93. The van der Waals surface area contributed by atoms with Crippen molar-refractivity contribution < 1.29 is 22.7 Å². The lowest BCUT2D eigenvalue weighted by molar-refractivity contribution is -0.140. The Bertz CT molecular complexity index is 724. The first kappa shape index (κ1) is 18.2. The Kier molecular flexibility index (Phi) is 4.84. The van der Waals surface area contributed by atoms with Gasteiger partial charge in [-0.2, -0.15) is 13.2 Å². The predicted molar refractivity (Wildman–Crippen MR) is 85.0 cm³/mol. The number of nitrogens with zero attached hydrogens (tertiary/aromatic N) is 3. The summed E-state index contributed by atoms with van der Waals surface area (Å²) in [6.45, 7) is 4.91. The SMILES string of the molecule is CN(C(=O)OC(C)(C)C)c1sc(-c2cccnc2)nc1C(F)(F)F.